The fraction of sp³-hybridized carbons (Fsp3) is 0.120. The van der Waals surface area contributed by atoms with E-state index in [-0.39, 0.29) is 17.1 Å². The molecule has 0 spiro atoms. The van der Waals surface area contributed by atoms with E-state index in [1.54, 1.807) is 23.1 Å². The van der Waals surface area contributed by atoms with Gasteiger partial charge in [-0.05, 0) is 30.2 Å². The fourth-order valence-electron chi connectivity index (χ4n) is 4.00. The topological polar surface area (TPSA) is 50.5 Å². The van der Waals surface area contributed by atoms with Crippen molar-refractivity contribution in [2.24, 2.45) is 0 Å². The summed E-state index contributed by atoms with van der Waals surface area (Å²) in [7, 11) is 0. The number of carbonyl (C=O) groups excluding carboxylic acids is 1. The minimum absolute atomic E-state index is 0.143. The summed E-state index contributed by atoms with van der Waals surface area (Å²) in [6.07, 6.45) is 0. The van der Waals surface area contributed by atoms with Crippen LogP contribution >= 0.6 is 0 Å². The molecule has 4 nitrogen and oxygen atoms in total. The first-order valence-electron chi connectivity index (χ1n) is 9.60. The molecule has 1 atom stereocenters. The summed E-state index contributed by atoms with van der Waals surface area (Å²) in [6.45, 7) is 2.43. The predicted molar refractivity (Wildman–Crippen MR) is 112 cm³/mol. The van der Waals surface area contributed by atoms with Crippen LogP contribution in [0.15, 0.2) is 88.1 Å². The third-order valence-corrected chi connectivity index (χ3v) is 5.46. The minimum Gasteiger partial charge on any atom is -0.450 e. The van der Waals surface area contributed by atoms with E-state index < -0.39 is 6.04 Å². The van der Waals surface area contributed by atoms with Crippen molar-refractivity contribution in [1.29, 1.82) is 0 Å². The molecule has 0 aliphatic carbocycles. The van der Waals surface area contributed by atoms with Gasteiger partial charge in [-0.25, -0.2) is 0 Å². The molecule has 1 amide bonds. The zero-order valence-corrected chi connectivity index (χ0v) is 16.0. The molecule has 1 aliphatic heterocycles. The molecule has 1 aliphatic rings. The van der Waals surface area contributed by atoms with Crippen molar-refractivity contribution in [3.63, 3.8) is 0 Å². The van der Waals surface area contributed by atoms with Gasteiger partial charge in [0.1, 0.15) is 5.58 Å². The number of aryl methyl sites for hydroxylation is 1. The summed E-state index contributed by atoms with van der Waals surface area (Å²) in [5.74, 6) is -0.105. The van der Waals surface area contributed by atoms with E-state index in [4.69, 9.17) is 4.42 Å². The van der Waals surface area contributed by atoms with E-state index in [9.17, 15) is 9.59 Å². The number of hydrogen-bond acceptors (Lipinski definition) is 3. The molecule has 4 heteroatoms. The second-order valence-corrected chi connectivity index (χ2v) is 7.40. The van der Waals surface area contributed by atoms with E-state index >= 15 is 0 Å². The van der Waals surface area contributed by atoms with Gasteiger partial charge in [0.15, 0.2) is 5.43 Å². The number of amides is 1. The van der Waals surface area contributed by atoms with Crippen molar-refractivity contribution in [3.8, 4) is 0 Å². The van der Waals surface area contributed by atoms with Crippen LogP contribution in [0.3, 0.4) is 0 Å². The molecule has 5 rings (SSSR count). The van der Waals surface area contributed by atoms with Crippen molar-refractivity contribution in [1.82, 2.24) is 4.90 Å². The third-order valence-electron chi connectivity index (χ3n) is 5.46. The molecule has 0 radical (unpaired) electrons. The Labute approximate surface area is 168 Å². The Kier molecular flexibility index (Phi) is 4.06. The largest absolute Gasteiger partial charge is 0.450 e. The molecular weight excluding hydrogens is 362 g/mol. The number of rotatable bonds is 3. The number of nitrogens with zero attached hydrogens (tertiary/aromatic N) is 1. The average molecular weight is 381 g/mol. The van der Waals surface area contributed by atoms with Crippen LogP contribution in [0.25, 0.3) is 11.0 Å². The molecule has 0 saturated carbocycles. The first-order valence-corrected chi connectivity index (χ1v) is 9.60. The smallest absolute Gasteiger partial charge is 0.291 e. The summed E-state index contributed by atoms with van der Waals surface area (Å²) in [5.41, 5.74) is 3.78. The van der Waals surface area contributed by atoms with Gasteiger partial charge >= 0.3 is 0 Å². The summed E-state index contributed by atoms with van der Waals surface area (Å²) >= 11 is 0. The highest BCUT2D eigenvalue weighted by atomic mass is 16.3. The van der Waals surface area contributed by atoms with Crippen molar-refractivity contribution < 1.29 is 9.21 Å². The van der Waals surface area contributed by atoms with Gasteiger partial charge < -0.3 is 9.32 Å². The van der Waals surface area contributed by atoms with Crippen LogP contribution in [0.4, 0.5) is 0 Å². The van der Waals surface area contributed by atoms with E-state index in [0.29, 0.717) is 23.1 Å². The lowest BCUT2D eigenvalue weighted by Gasteiger charge is -2.25. The van der Waals surface area contributed by atoms with Crippen molar-refractivity contribution in [3.05, 3.63) is 117 Å². The Morgan fingerprint density at radius 2 is 1.55 bits per heavy atom. The maximum absolute atomic E-state index is 13.4. The van der Waals surface area contributed by atoms with Crippen LogP contribution in [-0.2, 0) is 6.54 Å². The molecule has 0 bridgehead atoms. The summed E-state index contributed by atoms with van der Waals surface area (Å²) < 4.78 is 5.94. The number of fused-ring (bicyclic) bond motifs is 2. The summed E-state index contributed by atoms with van der Waals surface area (Å²) in [5, 5.41) is 0.497. The van der Waals surface area contributed by atoms with E-state index in [1.165, 1.54) is 0 Å². The maximum Gasteiger partial charge on any atom is 0.291 e. The van der Waals surface area contributed by atoms with Gasteiger partial charge in [0, 0.05) is 6.54 Å². The van der Waals surface area contributed by atoms with Gasteiger partial charge in [-0.15, -0.1) is 0 Å². The molecule has 0 unspecified atom stereocenters. The Morgan fingerprint density at radius 1 is 0.862 bits per heavy atom. The number of benzene rings is 3. The van der Waals surface area contributed by atoms with E-state index in [1.807, 2.05) is 67.6 Å². The van der Waals surface area contributed by atoms with Gasteiger partial charge in [-0.2, -0.15) is 0 Å². The van der Waals surface area contributed by atoms with Crippen molar-refractivity contribution in [2.45, 2.75) is 19.5 Å². The van der Waals surface area contributed by atoms with Gasteiger partial charge in [0.2, 0.25) is 5.76 Å². The molecule has 2 heterocycles. The molecule has 3 aromatic carbocycles. The van der Waals surface area contributed by atoms with Gasteiger partial charge in [0.05, 0.1) is 17.0 Å². The third kappa shape index (κ3) is 2.85. The predicted octanol–water partition coefficient (Wildman–Crippen LogP) is 4.85. The first kappa shape index (κ1) is 17.4. The molecule has 0 N–H and O–H groups in total. The molecule has 4 aromatic rings. The highest BCUT2D eigenvalue weighted by Gasteiger charge is 2.42. The monoisotopic (exact) mass is 381 g/mol. The quantitative estimate of drug-likeness (QED) is 0.510. The summed E-state index contributed by atoms with van der Waals surface area (Å²) in [6, 6.07) is 24.4. The van der Waals surface area contributed by atoms with Crippen LogP contribution in [0.1, 0.15) is 38.9 Å². The molecule has 142 valence electrons. The second-order valence-electron chi connectivity index (χ2n) is 7.40. The Bertz CT molecular complexity index is 1270. The lowest BCUT2D eigenvalue weighted by atomic mass is 9.98. The van der Waals surface area contributed by atoms with Crippen LogP contribution in [0.2, 0.25) is 0 Å². The molecule has 1 aromatic heterocycles. The normalized spacial score (nSPS) is 15.7. The zero-order valence-electron chi connectivity index (χ0n) is 16.0. The van der Waals surface area contributed by atoms with E-state index in [0.717, 1.165) is 16.7 Å². The summed E-state index contributed by atoms with van der Waals surface area (Å²) in [4.78, 5) is 28.4. The molecule has 29 heavy (non-hydrogen) atoms. The number of carbonyl (C=O) groups is 1. The Morgan fingerprint density at radius 3 is 2.31 bits per heavy atom. The molecule has 0 fully saturated rings. The highest BCUT2D eigenvalue weighted by molar-refractivity contribution is 5.99. The first-order chi connectivity index (χ1) is 14.1. The van der Waals surface area contributed by atoms with Crippen LogP contribution in [0, 0.1) is 6.92 Å². The Hall–Kier alpha value is -3.66. The molecule has 0 saturated heterocycles. The number of hydrogen-bond donors (Lipinski definition) is 0. The van der Waals surface area contributed by atoms with Crippen LogP contribution in [-0.4, -0.2) is 10.8 Å². The SMILES string of the molecule is Cc1ccc(CN2C(=O)c3oc4ccccc4c(=O)c3[C@@H]2c2ccccc2)cc1. The lowest BCUT2D eigenvalue weighted by molar-refractivity contribution is 0.0714. The van der Waals surface area contributed by atoms with Crippen molar-refractivity contribution >= 4 is 16.9 Å². The lowest BCUT2D eigenvalue weighted by Crippen LogP contribution is -2.29. The van der Waals surface area contributed by atoms with Gasteiger partial charge in [-0.3, -0.25) is 9.59 Å². The standard InChI is InChI=1S/C25H19NO3/c1-16-11-13-17(14-12-16)15-26-22(18-7-3-2-4-8-18)21-23(27)19-9-5-6-10-20(19)29-24(21)25(26)28/h2-14,22H,15H2,1H3/t22-/m0/s1. The van der Waals surface area contributed by atoms with Gasteiger partial charge in [0.25, 0.3) is 5.91 Å². The second kappa shape index (κ2) is 6.74. The van der Waals surface area contributed by atoms with Crippen LogP contribution in [0.5, 0.6) is 0 Å². The average Bonchev–Trinajstić information content (AvgIpc) is 3.03. The maximum atomic E-state index is 13.4. The zero-order chi connectivity index (χ0) is 20.0. The Balaban J connectivity index is 1.71. The minimum atomic E-state index is -0.471. The van der Waals surface area contributed by atoms with Crippen LogP contribution < -0.4 is 5.43 Å². The molecular formula is C25H19NO3. The highest BCUT2D eigenvalue weighted by Crippen LogP contribution is 2.38. The van der Waals surface area contributed by atoms with Crippen molar-refractivity contribution in [2.75, 3.05) is 0 Å². The fourth-order valence-corrected chi connectivity index (χ4v) is 4.00. The van der Waals surface area contributed by atoms with Gasteiger partial charge in [-0.1, -0.05) is 72.3 Å². The van der Waals surface area contributed by atoms with E-state index in [2.05, 4.69) is 0 Å². The number of para-hydroxylation sites is 1.